The van der Waals surface area contributed by atoms with Crippen molar-refractivity contribution in [3.8, 4) is 0 Å². The molecule has 0 aliphatic heterocycles. The third kappa shape index (κ3) is 1.60. The van der Waals surface area contributed by atoms with E-state index in [2.05, 4.69) is 15.9 Å². The summed E-state index contributed by atoms with van der Waals surface area (Å²) in [4.78, 5) is 10.4. The maximum atomic E-state index is 10.4. The van der Waals surface area contributed by atoms with E-state index < -0.39 is 0 Å². The molecule has 0 heterocycles. The van der Waals surface area contributed by atoms with E-state index in [0.717, 1.165) is 16.3 Å². The molecule has 3 heteroatoms. The minimum absolute atomic E-state index is 0.539. The average molecular weight is 214 g/mol. The zero-order chi connectivity index (χ0) is 8.43. The topological polar surface area (TPSA) is 43.1 Å². The normalized spacial score (nSPS) is 9.64. The number of hydrogen-bond acceptors (Lipinski definition) is 2. The number of halogens is 1. The molecule has 11 heavy (non-hydrogen) atoms. The SMILES string of the molecule is Cc1cc(Br)cc(C=O)c1N. The van der Waals surface area contributed by atoms with Crippen molar-refractivity contribution in [2.45, 2.75) is 6.92 Å². The molecule has 0 aliphatic rings. The maximum absolute atomic E-state index is 10.4. The molecule has 0 aliphatic carbocycles. The summed E-state index contributed by atoms with van der Waals surface area (Å²) in [6, 6.07) is 3.58. The van der Waals surface area contributed by atoms with Gasteiger partial charge in [-0.25, -0.2) is 0 Å². The number of aldehydes is 1. The molecule has 0 aromatic heterocycles. The Hall–Kier alpha value is -0.830. The Morgan fingerprint density at radius 1 is 1.55 bits per heavy atom. The Labute approximate surface area is 73.5 Å². The number of hydrogen-bond donors (Lipinski definition) is 1. The first kappa shape index (κ1) is 8.27. The van der Waals surface area contributed by atoms with E-state index in [1.165, 1.54) is 0 Å². The van der Waals surface area contributed by atoms with Crippen molar-refractivity contribution in [1.29, 1.82) is 0 Å². The van der Waals surface area contributed by atoms with Gasteiger partial charge in [-0.2, -0.15) is 0 Å². The van der Waals surface area contributed by atoms with Gasteiger partial charge in [0.25, 0.3) is 0 Å². The van der Waals surface area contributed by atoms with Gasteiger partial charge < -0.3 is 5.73 Å². The molecule has 2 N–H and O–H groups in total. The fraction of sp³-hybridized carbons (Fsp3) is 0.125. The number of carbonyl (C=O) groups excluding carboxylic acids is 1. The summed E-state index contributed by atoms with van der Waals surface area (Å²) in [5.41, 5.74) is 7.63. The number of anilines is 1. The molecule has 0 atom stereocenters. The highest BCUT2D eigenvalue weighted by Gasteiger charge is 2.01. The molecule has 0 radical (unpaired) electrons. The van der Waals surface area contributed by atoms with Crippen molar-refractivity contribution in [2.75, 3.05) is 5.73 Å². The lowest BCUT2D eigenvalue weighted by Gasteiger charge is -2.02. The number of aryl methyl sites for hydroxylation is 1. The van der Waals surface area contributed by atoms with Crippen LogP contribution in [0.5, 0.6) is 0 Å². The standard InChI is InChI=1S/C8H8BrNO/c1-5-2-7(9)3-6(4-11)8(5)10/h2-4H,10H2,1H3. The van der Waals surface area contributed by atoms with Crippen LogP contribution in [0.1, 0.15) is 15.9 Å². The second-order valence-electron chi connectivity index (χ2n) is 2.34. The Morgan fingerprint density at radius 2 is 2.18 bits per heavy atom. The Kier molecular flexibility index (Phi) is 2.29. The average Bonchev–Trinajstić information content (AvgIpc) is 1.96. The zero-order valence-corrected chi connectivity index (χ0v) is 7.68. The van der Waals surface area contributed by atoms with E-state index in [4.69, 9.17) is 5.73 Å². The molecule has 0 saturated carbocycles. The van der Waals surface area contributed by atoms with Gasteiger partial charge in [0.05, 0.1) is 0 Å². The van der Waals surface area contributed by atoms with Gasteiger partial charge in [0.1, 0.15) is 0 Å². The molecular formula is C8H8BrNO. The van der Waals surface area contributed by atoms with Crippen molar-refractivity contribution < 1.29 is 4.79 Å². The van der Waals surface area contributed by atoms with Crippen molar-refractivity contribution in [3.63, 3.8) is 0 Å². The van der Waals surface area contributed by atoms with Crippen molar-refractivity contribution in [1.82, 2.24) is 0 Å². The summed E-state index contributed by atoms with van der Waals surface area (Å²) in [5.74, 6) is 0. The van der Waals surface area contributed by atoms with Gasteiger partial charge in [0.2, 0.25) is 0 Å². The molecule has 0 fully saturated rings. The van der Waals surface area contributed by atoms with Crippen LogP contribution in [-0.2, 0) is 0 Å². The Bertz CT molecular complexity index is 296. The fourth-order valence-corrected chi connectivity index (χ4v) is 1.47. The molecule has 0 spiro atoms. The van der Waals surface area contributed by atoms with E-state index >= 15 is 0 Å². The van der Waals surface area contributed by atoms with Crippen LogP contribution in [0.2, 0.25) is 0 Å². The van der Waals surface area contributed by atoms with E-state index in [-0.39, 0.29) is 0 Å². The van der Waals surface area contributed by atoms with E-state index in [1.54, 1.807) is 6.07 Å². The first-order chi connectivity index (χ1) is 5.15. The van der Waals surface area contributed by atoms with Crippen LogP contribution >= 0.6 is 15.9 Å². The number of benzene rings is 1. The highest BCUT2D eigenvalue weighted by molar-refractivity contribution is 9.10. The van der Waals surface area contributed by atoms with Crippen LogP contribution in [-0.4, -0.2) is 6.29 Å². The van der Waals surface area contributed by atoms with Crippen molar-refractivity contribution in [3.05, 3.63) is 27.7 Å². The Balaban J connectivity index is 3.35. The fourth-order valence-electron chi connectivity index (χ4n) is 0.878. The zero-order valence-electron chi connectivity index (χ0n) is 6.10. The van der Waals surface area contributed by atoms with Crippen LogP contribution < -0.4 is 5.73 Å². The quantitative estimate of drug-likeness (QED) is 0.574. The van der Waals surface area contributed by atoms with Crippen LogP contribution in [0.15, 0.2) is 16.6 Å². The van der Waals surface area contributed by atoms with Crippen LogP contribution in [0.25, 0.3) is 0 Å². The maximum Gasteiger partial charge on any atom is 0.152 e. The second kappa shape index (κ2) is 3.05. The minimum Gasteiger partial charge on any atom is -0.398 e. The molecule has 0 amide bonds. The lowest BCUT2D eigenvalue weighted by Crippen LogP contribution is -1.95. The third-order valence-electron chi connectivity index (χ3n) is 1.51. The minimum atomic E-state index is 0.539. The first-order valence-corrected chi connectivity index (χ1v) is 3.95. The number of nitrogens with two attached hydrogens (primary N) is 1. The predicted molar refractivity (Wildman–Crippen MR) is 48.7 cm³/mol. The molecule has 1 aromatic carbocycles. The lowest BCUT2D eigenvalue weighted by atomic mass is 10.1. The van der Waals surface area contributed by atoms with Gasteiger partial charge in [0.15, 0.2) is 6.29 Å². The van der Waals surface area contributed by atoms with Crippen molar-refractivity contribution in [2.24, 2.45) is 0 Å². The second-order valence-corrected chi connectivity index (χ2v) is 3.26. The largest absolute Gasteiger partial charge is 0.398 e. The van der Waals surface area contributed by atoms with Crippen LogP contribution in [0.3, 0.4) is 0 Å². The molecular weight excluding hydrogens is 206 g/mol. The molecule has 1 rings (SSSR count). The molecule has 0 saturated heterocycles. The smallest absolute Gasteiger partial charge is 0.152 e. The van der Waals surface area contributed by atoms with Gasteiger partial charge in [-0.1, -0.05) is 15.9 Å². The Morgan fingerprint density at radius 3 is 2.73 bits per heavy atom. The van der Waals surface area contributed by atoms with Gasteiger partial charge in [-0.15, -0.1) is 0 Å². The van der Waals surface area contributed by atoms with Crippen molar-refractivity contribution >= 4 is 27.9 Å². The van der Waals surface area contributed by atoms with Crippen LogP contribution in [0.4, 0.5) is 5.69 Å². The molecule has 0 unspecified atom stereocenters. The molecule has 58 valence electrons. The van der Waals surface area contributed by atoms with Gasteiger partial charge in [-0.3, -0.25) is 4.79 Å². The summed E-state index contributed by atoms with van der Waals surface area (Å²) in [5, 5.41) is 0. The van der Waals surface area contributed by atoms with Gasteiger partial charge >= 0.3 is 0 Å². The number of nitrogen functional groups attached to an aromatic ring is 1. The summed E-state index contributed by atoms with van der Waals surface area (Å²) in [6.45, 7) is 1.87. The first-order valence-electron chi connectivity index (χ1n) is 3.16. The monoisotopic (exact) mass is 213 g/mol. The van der Waals surface area contributed by atoms with E-state index in [0.29, 0.717) is 11.3 Å². The third-order valence-corrected chi connectivity index (χ3v) is 1.97. The summed E-state index contributed by atoms with van der Waals surface area (Å²) < 4.78 is 0.881. The molecule has 0 bridgehead atoms. The summed E-state index contributed by atoms with van der Waals surface area (Å²) >= 11 is 3.27. The molecule has 2 nitrogen and oxygen atoms in total. The summed E-state index contributed by atoms with van der Waals surface area (Å²) in [6.07, 6.45) is 0.757. The molecule has 1 aromatic rings. The number of rotatable bonds is 1. The highest BCUT2D eigenvalue weighted by atomic mass is 79.9. The van der Waals surface area contributed by atoms with Crippen LogP contribution in [0, 0.1) is 6.92 Å². The summed E-state index contributed by atoms with van der Waals surface area (Å²) in [7, 11) is 0. The van der Waals surface area contributed by atoms with Gasteiger partial charge in [-0.05, 0) is 24.6 Å². The van der Waals surface area contributed by atoms with E-state index in [1.807, 2.05) is 13.0 Å². The number of carbonyl (C=O) groups is 1. The van der Waals surface area contributed by atoms with E-state index in [9.17, 15) is 4.79 Å². The predicted octanol–water partition coefficient (Wildman–Crippen LogP) is 2.15. The lowest BCUT2D eigenvalue weighted by molar-refractivity contribution is 0.112. The highest BCUT2D eigenvalue weighted by Crippen LogP contribution is 2.21. The van der Waals surface area contributed by atoms with Gasteiger partial charge in [0, 0.05) is 15.7 Å².